The molecule has 1 aliphatic carbocycles. The quantitative estimate of drug-likeness (QED) is 0.784. The number of rotatable bonds is 4. The molecule has 0 aromatic heterocycles. The number of carbonyl (C=O) groups excluding carboxylic acids is 1. The smallest absolute Gasteiger partial charge is 0.316 e. The molecule has 0 aliphatic heterocycles. The summed E-state index contributed by atoms with van der Waals surface area (Å²) < 4.78 is 15.6. The first-order valence-electron chi connectivity index (χ1n) is 6.24. The molecule has 1 fully saturated rings. The number of hydrogen-bond acceptors (Lipinski definition) is 4. The van der Waals surface area contributed by atoms with Crippen molar-refractivity contribution in [2.75, 3.05) is 21.3 Å². The molecular weight excluding hydrogens is 244 g/mol. The Labute approximate surface area is 113 Å². The summed E-state index contributed by atoms with van der Waals surface area (Å²) >= 11 is 0. The van der Waals surface area contributed by atoms with E-state index in [4.69, 9.17) is 14.2 Å². The molecular formula is C15H20O4. The zero-order valence-corrected chi connectivity index (χ0v) is 12.1. The van der Waals surface area contributed by atoms with Gasteiger partial charge in [0.2, 0.25) is 0 Å². The fourth-order valence-electron chi connectivity index (χ4n) is 2.86. The van der Waals surface area contributed by atoms with Crippen molar-refractivity contribution < 1.29 is 19.0 Å². The van der Waals surface area contributed by atoms with Gasteiger partial charge in [0.05, 0.1) is 21.3 Å². The lowest BCUT2D eigenvalue weighted by Crippen LogP contribution is -2.27. The van der Waals surface area contributed by atoms with Gasteiger partial charge < -0.3 is 14.2 Å². The Kier molecular flexibility index (Phi) is 3.20. The van der Waals surface area contributed by atoms with Crippen LogP contribution in [0.2, 0.25) is 0 Å². The van der Waals surface area contributed by atoms with Gasteiger partial charge in [-0.15, -0.1) is 0 Å². The minimum atomic E-state index is -0.612. The summed E-state index contributed by atoms with van der Waals surface area (Å²) in [6.07, 6.45) is 0.759. The van der Waals surface area contributed by atoms with Crippen LogP contribution >= 0.6 is 0 Å². The normalized spacial score (nSPS) is 23.6. The van der Waals surface area contributed by atoms with Crippen LogP contribution < -0.4 is 9.47 Å². The van der Waals surface area contributed by atoms with E-state index in [0.717, 1.165) is 12.0 Å². The Morgan fingerprint density at radius 2 is 1.79 bits per heavy atom. The standard InChI is InChI=1S/C15H20O4/c1-14(2)9-15(14,13(16)19-5)11-7-6-10(17-3)8-12(11)18-4/h6-8H,9H2,1-5H3. The Morgan fingerprint density at radius 3 is 2.21 bits per heavy atom. The molecule has 4 nitrogen and oxygen atoms in total. The summed E-state index contributed by atoms with van der Waals surface area (Å²) in [5, 5.41) is 0. The van der Waals surface area contributed by atoms with Gasteiger partial charge in [0, 0.05) is 11.6 Å². The minimum absolute atomic E-state index is 0.123. The molecule has 4 heteroatoms. The lowest BCUT2D eigenvalue weighted by atomic mass is 9.87. The average molecular weight is 264 g/mol. The van der Waals surface area contributed by atoms with Gasteiger partial charge in [0.15, 0.2) is 0 Å². The van der Waals surface area contributed by atoms with E-state index in [0.29, 0.717) is 11.5 Å². The molecule has 1 aromatic rings. The molecule has 0 bridgehead atoms. The Bertz CT molecular complexity index is 507. The molecule has 0 spiro atoms. The van der Waals surface area contributed by atoms with Crippen LogP contribution in [0.4, 0.5) is 0 Å². The maximum Gasteiger partial charge on any atom is 0.316 e. The first-order valence-corrected chi connectivity index (χ1v) is 6.24. The first kappa shape index (κ1) is 13.7. The number of benzene rings is 1. The highest BCUT2D eigenvalue weighted by Crippen LogP contribution is 2.66. The highest BCUT2D eigenvalue weighted by atomic mass is 16.5. The van der Waals surface area contributed by atoms with Crippen molar-refractivity contribution in [2.24, 2.45) is 5.41 Å². The van der Waals surface area contributed by atoms with Crippen molar-refractivity contribution in [2.45, 2.75) is 25.7 Å². The molecule has 0 radical (unpaired) electrons. The van der Waals surface area contributed by atoms with Crippen LogP contribution in [-0.4, -0.2) is 27.3 Å². The van der Waals surface area contributed by atoms with E-state index in [1.165, 1.54) is 7.11 Å². The lowest BCUT2D eigenvalue weighted by molar-refractivity contribution is -0.144. The van der Waals surface area contributed by atoms with E-state index in [1.54, 1.807) is 20.3 Å². The van der Waals surface area contributed by atoms with Gasteiger partial charge >= 0.3 is 5.97 Å². The van der Waals surface area contributed by atoms with Crippen molar-refractivity contribution in [3.05, 3.63) is 23.8 Å². The molecule has 1 unspecified atom stereocenters. The third kappa shape index (κ3) is 1.86. The van der Waals surface area contributed by atoms with E-state index in [2.05, 4.69) is 13.8 Å². The van der Waals surface area contributed by atoms with Crippen LogP contribution in [0.25, 0.3) is 0 Å². The largest absolute Gasteiger partial charge is 0.497 e. The van der Waals surface area contributed by atoms with E-state index in [1.807, 2.05) is 12.1 Å². The molecule has 0 saturated heterocycles. The second-order valence-electron chi connectivity index (χ2n) is 5.52. The number of methoxy groups -OCH3 is 3. The van der Waals surface area contributed by atoms with Crippen LogP contribution in [0.15, 0.2) is 18.2 Å². The van der Waals surface area contributed by atoms with Gasteiger partial charge in [0.1, 0.15) is 16.9 Å². The fourth-order valence-corrected chi connectivity index (χ4v) is 2.86. The van der Waals surface area contributed by atoms with Crippen molar-refractivity contribution in [1.29, 1.82) is 0 Å². The Balaban J connectivity index is 2.54. The predicted molar refractivity (Wildman–Crippen MR) is 71.6 cm³/mol. The summed E-state index contributed by atoms with van der Waals surface area (Å²) in [6.45, 7) is 4.13. The van der Waals surface area contributed by atoms with Crippen LogP contribution in [-0.2, 0) is 14.9 Å². The Morgan fingerprint density at radius 1 is 1.16 bits per heavy atom. The highest BCUT2D eigenvalue weighted by Gasteiger charge is 2.69. The number of ether oxygens (including phenoxy) is 3. The van der Waals surface area contributed by atoms with Crippen molar-refractivity contribution in [3.8, 4) is 11.5 Å². The maximum atomic E-state index is 12.2. The van der Waals surface area contributed by atoms with Crippen LogP contribution in [0.3, 0.4) is 0 Å². The molecule has 0 N–H and O–H groups in total. The lowest BCUT2D eigenvalue weighted by Gasteiger charge is -2.21. The van der Waals surface area contributed by atoms with Gasteiger partial charge in [0.25, 0.3) is 0 Å². The second-order valence-corrected chi connectivity index (χ2v) is 5.52. The third-order valence-electron chi connectivity index (χ3n) is 4.14. The summed E-state index contributed by atoms with van der Waals surface area (Å²) in [7, 11) is 4.62. The Hall–Kier alpha value is -1.71. The molecule has 1 atom stereocenters. The average Bonchev–Trinajstić information content (AvgIpc) is 3.01. The molecule has 1 saturated carbocycles. The molecule has 104 valence electrons. The summed E-state index contributed by atoms with van der Waals surface area (Å²) in [5.74, 6) is 1.16. The summed E-state index contributed by atoms with van der Waals surface area (Å²) in [6, 6.07) is 5.54. The van der Waals surface area contributed by atoms with Crippen LogP contribution in [0.5, 0.6) is 11.5 Å². The number of esters is 1. The topological polar surface area (TPSA) is 44.8 Å². The molecule has 2 rings (SSSR count). The van der Waals surface area contributed by atoms with Crippen molar-refractivity contribution in [3.63, 3.8) is 0 Å². The minimum Gasteiger partial charge on any atom is -0.497 e. The van der Waals surface area contributed by atoms with Gasteiger partial charge in [-0.2, -0.15) is 0 Å². The molecule has 0 amide bonds. The summed E-state index contributed by atoms with van der Waals surface area (Å²) in [4.78, 5) is 12.2. The van der Waals surface area contributed by atoms with Crippen LogP contribution in [0.1, 0.15) is 25.8 Å². The van der Waals surface area contributed by atoms with Gasteiger partial charge in [-0.05, 0) is 17.9 Å². The fraction of sp³-hybridized carbons (Fsp3) is 0.533. The molecule has 19 heavy (non-hydrogen) atoms. The van der Waals surface area contributed by atoms with Crippen LogP contribution in [0, 0.1) is 5.41 Å². The van der Waals surface area contributed by atoms with E-state index < -0.39 is 5.41 Å². The van der Waals surface area contributed by atoms with Crippen molar-refractivity contribution in [1.82, 2.24) is 0 Å². The summed E-state index contributed by atoms with van der Waals surface area (Å²) in [5.41, 5.74) is 0.133. The molecule has 0 heterocycles. The zero-order chi connectivity index (χ0) is 14.3. The van der Waals surface area contributed by atoms with E-state index in [9.17, 15) is 4.79 Å². The van der Waals surface area contributed by atoms with E-state index in [-0.39, 0.29) is 11.4 Å². The second kappa shape index (κ2) is 4.44. The van der Waals surface area contributed by atoms with E-state index >= 15 is 0 Å². The molecule has 1 aromatic carbocycles. The highest BCUT2D eigenvalue weighted by molar-refractivity contribution is 5.89. The van der Waals surface area contributed by atoms with Crippen molar-refractivity contribution >= 4 is 5.97 Å². The third-order valence-corrected chi connectivity index (χ3v) is 4.14. The SMILES string of the molecule is COC(=O)C1(c2ccc(OC)cc2OC)CC1(C)C. The van der Waals surface area contributed by atoms with Gasteiger partial charge in [-0.3, -0.25) is 4.79 Å². The number of hydrogen-bond donors (Lipinski definition) is 0. The van der Waals surface area contributed by atoms with Gasteiger partial charge in [-0.25, -0.2) is 0 Å². The predicted octanol–water partition coefficient (Wildman–Crippen LogP) is 2.54. The first-order chi connectivity index (χ1) is 8.92. The number of carbonyl (C=O) groups is 1. The maximum absolute atomic E-state index is 12.2. The molecule has 1 aliphatic rings. The van der Waals surface area contributed by atoms with Gasteiger partial charge in [-0.1, -0.05) is 19.9 Å². The monoisotopic (exact) mass is 264 g/mol. The zero-order valence-electron chi connectivity index (χ0n) is 12.1.